The molecule has 1 heterocycles. The van der Waals surface area contributed by atoms with Crippen LogP contribution in [0.1, 0.15) is 17.5 Å². The first-order chi connectivity index (χ1) is 9.78. The van der Waals surface area contributed by atoms with E-state index >= 15 is 0 Å². The van der Waals surface area contributed by atoms with Crippen LogP contribution in [-0.2, 0) is 17.6 Å². The Bertz CT molecular complexity index is 521. The highest BCUT2D eigenvalue weighted by Gasteiger charge is 2.03. The van der Waals surface area contributed by atoms with Crippen LogP contribution in [0.3, 0.4) is 0 Å². The minimum Gasteiger partial charge on any atom is -0.497 e. The molecule has 1 aromatic heterocycles. The average molecular weight is 274 g/mol. The van der Waals surface area contributed by atoms with Gasteiger partial charge in [-0.05, 0) is 30.5 Å². The number of methoxy groups -OCH3 is 1. The largest absolute Gasteiger partial charge is 0.497 e. The number of carbonyl (C=O) groups is 1. The van der Waals surface area contributed by atoms with Crippen molar-refractivity contribution in [3.63, 3.8) is 0 Å². The third kappa shape index (κ3) is 4.42. The number of rotatable bonds is 7. The van der Waals surface area contributed by atoms with Crippen LogP contribution in [-0.4, -0.2) is 24.7 Å². The van der Waals surface area contributed by atoms with Crippen LogP contribution in [0, 0.1) is 0 Å². The molecule has 0 aliphatic rings. The van der Waals surface area contributed by atoms with Gasteiger partial charge in [0.05, 0.1) is 19.7 Å². The van der Waals surface area contributed by atoms with Crippen molar-refractivity contribution in [2.45, 2.75) is 19.3 Å². The van der Waals surface area contributed by atoms with Gasteiger partial charge in [-0.1, -0.05) is 17.3 Å². The molecule has 0 atom stereocenters. The Morgan fingerprint density at radius 2 is 2.10 bits per heavy atom. The Morgan fingerprint density at radius 1 is 1.30 bits per heavy atom. The summed E-state index contributed by atoms with van der Waals surface area (Å²) in [6.45, 7) is 0.653. The number of aromatic nitrogens is 1. The molecule has 0 unspecified atom stereocenters. The van der Waals surface area contributed by atoms with Gasteiger partial charge in [0.2, 0.25) is 5.91 Å². The van der Waals surface area contributed by atoms with E-state index in [1.165, 1.54) is 0 Å². The van der Waals surface area contributed by atoms with Crippen LogP contribution in [0.25, 0.3) is 0 Å². The first kappa shape index (κ1) is 14.1. The van der Waals surface area contributed by atoms with E-state index in [4.69, 9.17) is 9.26 Å². The molecule has 5 heteroatoms. The van der Waals surface area contributed by atoms with Crippen molar-refractivity contribution < 1.29 is 14.1 Å². The van der Waals surface area contributed by atoms with Crippen molar-refractivity contribution >= 4 is 5.91 Å². The number of aryl methyl sites for hydroxylation is 1. The second-order valence-electron chi connectivity index (χ2n) is 4.51. The molecule has 1 amide bonds. The predicted molar refractivity (Wildman–Crippen MR) is 74.5 cm³/mol. The van der Waals surface area contributed by atoms with E-state index in [2.05, 4.69) is 10.5 Å². The molecule has 0 bridgehead atoms. The van der Waals surface area contributed by atoms with Crippen LogP contribution in [0.2, 0.25) is 0 Å². The maximum Gasteiger partial charge on any atom is 0.224 e. The van der Waals surface area contributed by atoms with Gasteiger partial charge in [-0.25, -0.2) is 0 Å². The Hall–Kier alpha value is -2.30. The topological polar surface area (TPSA) is 64.4 Å². The summed E-state index contributed by atoms with van der Waals surface area (Å²) in [5, 5.41) is 6.53. The molecule has 0 saturated carbocycles. The molecule has 0 radical (unpaired) electrons. The van der Waals surface area contributed by atoms with Gasteiger partial charge < -0.3 is 14.6 Å². The van der Waals surface area contributed by atoms with Crippen molar-refractivity contribution in [2.24, 2.45) is 0 Å². The third-order valence-corrected chi connectivity index (χ3v) is 2.97. The quantitative estimate of drug-likeness (QED) is 0.784. The summed E-state index contributed by atoms with van der Waals surface area (Å²) in [5.41, 5.74) is 2.02. The normalized spacial score (nSPS) is 10.2. The Labute approximate surface area is 117 Å². The van der Waals surface area contributed by atoms with Crippen molar-refractivity contribution in [3.8, 4) is 5.75 Å². The fraction of sp³-hybridized carbons (Fsp3) is 0.333. The Morgan fingerprint density at radius 3 is 2.75 bits per heavy atom. The first-order valence-electron chi connectivity index (χ1n) is 6.56. The zero-order chi connectivity index (χ0) is 14.2. The second-order valence-corrected chi connectivity index (χ2v) is 4.51. The van der Waals surface area contributed by atoms with E-state index in [1.54, 1.807) is 19.6 Å². The molecule has 1 aromatic carbocycles. The summed E-state index contributed by atoms with van der Waals surface area (Å²) in [7, 11) is 1.62. The predicted octanol–water partition coefficient (Wildman–Crippen LogP) is 1.97. The van der Waals surface area contributed by atoms with Crippen LogP contribution < -0.4 is 10.1 Å². The lowest BCUT2D eigenvalue weighted by molar-refractivity contribution is -0.120. The van der Waals surface area contributed by atoms with Crippen molar-refractivity contribution in [1.29, 1.82) is 0 Å². The molecule has 2 aromatic rings. The van der Waals surface area contributed by atoms with E-state index in [-0.39, 0.29) is 5.91 Å². The number of ether oxygens (including phenoxy) is 1. The van der Waals surface area contributed by atoms with E-state index in [1.807, 2.05) is 24.3 Å². The van der Waals surface area contributed by atoms with Gasteiger partial charge in [0.1, 0.15) is 12.0 Å². The average Bonchev–Trinajstić information content (AvgIpc) is 2.98. The summed E-state index contributed by atoms with van der Waals surface area (Å²) in [5.74, 6) is 0.823. The van der Waals surface area contributed by atoms with Crippen molar-refractivity contribution in [3.05, 3.63) is 47.9 Å². The number of nitrogens with one attached hydrogen (secondary N) is 1. The summed E-state index contributed by atoms with van der Waals surface area (Å²) < 4.78 is 9.82. The summed E-state index contributed by atoms with van der Waals surface area (Å²) in [6.07, 6.45) is 5.43. The minimum absolute atomic E-state index is 0.0282. The molecular weight excluding hydrogens is 256 g/mol. The summed E-state index contributed by atoms with van der Waals surface area (Å²) in [4.78, 5) is 11.8. The van der Waals surface area contributed by atoms with Gasteiger partial charge in [-0.3, -0.25) is 4.79 Å². The number of benzene rings is 1. The molecule has 0 spiro atoms. The van der Waals surface area contributed by atoms with Crippen LogP contribution in [0.15, 0.2) is 41.2 Å². The van der Waals surface area contributed by atoms with E-state index in [9.17, 15) is 4.79 Å². The van der Waals surface area contributed by atoms with Gasteiger partial charge in [0.25, 0.3) is 0 Å². The summed E-state index contributed by atoms with van der Waals surface area (Å²) in [6, 6.07) is 7.51. The highest BCUT2D eigenvalue weighted by Crippen LogP contribution is 2.11. The lowest BCUT2D eigenvalue weighted by Crippen LogP contribution is -2.26. The lowest BCUT2D eigenvalue weighted by Gasteiger charge is -2.05. The van der Waals surface area contributed by atoms with Crippen LogP contribution in [0.5, 0.6) is 5.75 Å². The van der Waals surface area contributed by atoms with Crippen molar-refractivity contribution in [2.75, 3.05) is 13.7 Å². The molecule has 0 saturated heterocycles. The lowest BCUT2D eigenvalue weighted by atomic mass is 10.1. The summed E-state index contributed by atoms with van der Waals surface area (Å²) >= 11 is 0. The fourth-order valence-corrected chi connectivity index (χ4v) is 1.86. The zero-order valence-electron chi connectivity index (χ0n) is 11.5. The molecule has 106 valence electrons. The molecule has 0 fully saturated rings. The molecule has 2 rings (SSSR count). The Balaban J connectivity index is 1.66. The third-order valence-electron chi connectivity index (χ3n) is 2.97. The molecule has 1 N–H and O–H groups in total. The van der Waals surface area contributed by atoms with Gasteiger partial charge in [-0.15, -0.1) is 0 Å². The van der Waals surface area contributed by atoms with Gasteiger partial charge in [-0.2, -0.15) is 0 Å². The first-order valence-corrected chi connectivity index (χ1v) is 6.56. The Kier molecular flexibility index (Phi) is 5.17. The van der Waals surface area contributed by atoms with E-state index in [0.717, 1.165) is 29.7 Å². The molecule has 5 nitrogen and oxygen atoms in total. The van der Waals surface area contributed by atoms with Crippen LogP contribution >= 0.6 is 0 Å². The zero-order valence-corrected chi connectivity index (χ0v) is 11.5. The SMILES string of the molecule is COc1ccc(CC(=O)NCCCc2cnoc2)cc1. The number of hydrogen-bond acceptors (Lipinski definition) is 4. The number of nitrogens with zero attached hydrogens (tertiary/aromatic N) is 1. The highest BCUT2D eigenvalue weighted by molar-refractivity contribution is 5.78. The smallest absolute Gasteiger partial charge is 0.224 e. The van der Waals surface area contributed by atoms with Gasteiger partial charge >= 0.3 is 0 Å². The maximum atomic E-state index is 11.8. The molecule has 0 aliphatic carbocycles. The van der Waals surface area contributed by atoms with Gasteiger partial charge in [0, 0.05) is 12.1 Å². The highest BCUT2D eigenvalue weighted by atomic mass is 16.5. The maximum absolute atomic E-state index is 11.8. The second kappa shape index (κ2) is 7.33. The number of hydrogen-bond donors (Lipinski definition) is 1. The molecule has 0 aliphatic heterocycles. The monoisotopic (exact) mass is 274 g/mol. The number of amides is 1. The minimum atomic E-state index is 0.0282. The number of carbonyl (C=O) groups excluding carboxylic acids is 1. The van der Waals surface area contributed by atoms with Gasteiger partial charge in [0.15, 0.2) is 0 Å². The fourth-order valence-electron chi connectivity index (χ4n) is 1.86. The van der Waals surface area contributed by atoms with Crippen LogP contribution in [0.4, 0.5) is 0 Å². The standard InChI is InChI=1S/C15H18N2O3/c1-19-14-6-4-12(5-7-14)9-15(18)16-8-2-3-13-10-17-20-11-13/h4-7,10-11H,2-3,8-9H2,1H3,(H,16,18). The van der Waals surface area contributed by atoms with E-state index in [0.29, 0.717) is 13.0 Å². The van der Waals surface area contributed by atoms with E-state index < -0.39 is 0 Å². The molecule has 20 heavy (non-hydrogen) atoms. The van der Waals surface area contributed by atoms with Crippen molar-refractivity contribution in [1.82, 2.24) is 10.5 Å². The molecular formula is C15H18N2O3.